The summed E-state index contributed by atoms with van der Waals surface area (Å²) in [5, 5.41) is 12.5. The molecule has 0 radical (unpaired) electrons. The van der Waals surface area contributed by atoms with E-state index in [2.05, 4.69) is 12.2 Å². The fraction of sp³-hybridized carbons (Fsp3) is 0.562. The first-order valence-corrected chi connectivity index (χ1v) is 7.23. The van der Waals surface area contributed by atoms with E-state index in [9.17, 15) is 9.90 Å². The van der Waals surface area contributed by atoms with Crippen LogP contribution in [-0.4, -0.2) is 17.6 Å². The summed E-state index contributed by atoms with van der Waals surface area (Å²) < 4.78 is 0. The Morgan fingerprint density at radius 1 is 1.16 bits per heavy atom. The maximum absolute atomic E-state index is 11.9. The highest BCUT2D eigenvalue weighted by molar-refractivity contribution is 5.96. The fourth-order valence-electron chi connectivity index (χ4n) is 2.07. The second-order valence-electron chi connectivity index (χ2n) is 4.97. The van der Waals surface area contributed by atoms with Crippen molar-refractivity contribution in [3.63, 3.8) is 0 Å². The van der Waals surface area contributed by atoms with E-state index in [0.717, 1.165) is 6.42 Å². The molecule has 1 aromatic carbocycles. The van der Waals surface area contributed by atoms with Crippen molar-refractivity contribution in [3.8, 4) is 5.75 Å². The molecule has 3 nitrogen and oxygen atoms in total. The number of phenolic OH excluding ortho intramolecular Hbond substituents is 1. The highest BCUT2D eigenvalue weighted by Gasteiger charge is 2.10. The van der Waals surface area contributed by atoms with E-state index >= 15 is 0 Å². The molecular formula is C16H25NO2. The Morgan fingerprint density at radius 2 is 1.84 bits per heavy atom. The smallest absolute Gasteiger partial charge is 0.251 e. The molecule has 1 amide bonds. The van der Waals surface area contributed by atoms with Crippen LogP contribution in [0.1, 0.15) is 61.4 Å². The second kappa shape index (κ2) is 8.57. The topological polar surface area (TPSA) is 49.3 Å². The van der Waals surface area contributed by atoms with E-state index in [1.54, 1.807) is 25.1 Å². The van der Waals surface area contributed by atoms with Crippen molar-refractivity contribution in [2.75, 3.05) is 6.54 Å². The quantitative estimate of drug-likeness (QED) is 0.701. The van der Waals surface area contributed by atoms with Crippen LogP contribution in [0, 0.1) is 6.92 Å². The van der Waals surface area contributed by atoms with Crippen molar-refractivity contribution in [2.24, 2.45) is 0 Å². The SMILES string of the molecule is CCCCCCCCNC(=O)c1cccc(O)c1C. The average Bonchev–Trinajstić information content (AvgIpc) is 2.40. The van der Waals surface area contributed by atoms with Gasteiger partial charge in [0, 0.05) is 17.7 Å². The Labute approximate surface area is 116 Å². The van der Waals surface area contributed by atoms with Crippen molar-refractivity contribution in [2.45, 2.75) is 52.4 Å². The monoisotopic (exact) mass is 263 g/mol. The van der Waals surface area contributed by atoms with Gasteiger partial charge in [-0.3, -0.25) is 4.79 Å². The molecule has 1 rings (SSSR count). The van der Waals surface area contributed by atoms with E-state index in [-0.39, 0.29) is 11.7 Å². The third-order valence-corrected chi connectivity index (χ3v) is 3.37. The molecule has 0 spiro atoms. The fourth-order valence-corrected chi connectivity index (χ4v) is 2.07. The summed E-state index contributed by atoms with van der Waals surface area (Å²) in [6.07, 6.45) is 7.28. The van der Waals surface area contributed by atoms with Gasteiger partial charge in [0.1, 0.15) is 5.75 Å². The molecule has 0 aliphatic rings. The van der Waals surface area contributed by atoms with E-state index < -0.39 is 0 Å². The van der Waals surface area contributed by atoms with Crippen molar-refractivity contribution in [3.05, 3.63) is 29.3 Å². The summed E-state index contributed by atoms with van der Waals surface area (Å²) in [6, 6.07) is 5.04. The largest absolute Gasteiger partial charge is 0.508 e. The van der Waals surface area contributed by atoms with Crippen LogP contribution >= 0.6 is 0 Å². The van der Waals surface area contributed by atoms with Gasteiger partial charge in [-0.05, 0) is 25.5 Å². The van der Waals surface area contributed by atoms with Crippen molar-refractivity contribution < 1.29 is 9.90 Å². The molecule has 0 aromatic heterocycles. The second-order valence-corrected chi connectivity index (χ2v) is 4.97. The minimum Gasteiger partial charge on any atom is -0.508 e. The zero-order chi connectivity index (χ0) is 14.1. The van der Waals surface area contributed by atoms with Crippen LogP contribution < -0.4 is 5.32 Å². The van der Waals surface area contributed by atoms with Crippen LogP contribution in [0.2, 0.25) is 0 Å². The number of phenols is 1. The Bertz CT molecular complexity index is 402. The standard InChI is InChI=1S/C16H25NO2/c1-3-4-5-6-7-8-12-17-16(19)14-10-9-11-15(18)13(14)2/h9-11,18H,3-8,12H2,1-2H3,(H,17,19). The predicted octanol–water partition coefficient (Wildman–Crippen LogP) is 3.79. The highest BCUT2D eigenvalue weighted by Crippen LogP contribution is 2.19. The normalized spacial score (nSPS) is 10.4. The number of aromatic hydroxyl groups is 1. The van der Waals surface area contributed by atoms with Gasteiger partial charge in [0.15, 0.2) is 0 Å². The van der Waals surface area contributed by atoms with Gasteiger partial charge >= 0.3 is 0 Å². The van der Waals surface area contributed by atoms with Crippen LogP contribution in [-0.2, 0) is 0 Å². The molecule has 19 heavy (non-hydrogen) atoms. The van der Waals surface area contributed by atoms with Crippen LogP contribution in [0.4, 0.5) is 0 Å². The molecule has 0 atom stereocenters. The number of amides is 1. The number of nitrogens with one attached hydrogen (secondary N) is 1. The third-order valence-electron chi connectivity index (χ3n) is 3.37. The summed E-state index contributed by atoms with van der Waals surface area (Å²) in [4.78, 5) is 11.9. The van der Waals surface area contributed by atoms with Gasteiger partial charge in [0.05, 0.1) is 0 Å². The number of hydrogen-bond donors (Lipinski definition) is 2. The maximum atomic E-state index is 11.9. The molecule has 1 aromatic rings. The van der Waals surface area contributed by atoms with Crippen LogP contribution in [0.25, 0.3) is 0 Å². The summed E-state index contributed by atoms with van der Waals surface area (Å²) in [5.74, 6) is 0.0779. The number of carbonyl (C=O) groups is 1. The highest BCUT2D eigenvalue weighted by atomic mass is 16.3. The number of benzene rings is 1. The van der Waals surface area contributed by atoms with Gasteiger partial charge < -0.3 is 10.4 Å². The van der Waals surface area contributed by atoms with Crippen LogP contribution in [0.3, 0.4) is 0 Å². The number of rotatable bonds is 8. The molecule has 106 valence electrons. The minimum absolute atomic E-state index is 0.0954. The van der Waals surface area contributed by atoms with Gasteiger partial charge in [0.25, 0.3) is 5.91 Å². The van der Waals surface area contributed by atoms with Gasteiger partial charge in [-0.25, -0.2) is 0 Å². The Balaban J connectivity index is 2.26. The molecule has 3 heteroatoms. The first-order chi connectivity index (χ1) is 9.16. The summed E-state index contributed by atoms with van der Waals surface area (Å²) in [5.41, 5.74) is 1.20. The first kappa shape index (κ1) is 15.5. The Kier molecular flexibility index (Phi) is 7.01. The number of unbranched alkanes of at least 4 members (excludes halogenated alkanes) is 5. The number of carbonyl (C=O) groups excluding carboxylic acids is 1. The molecular weight excluding hydrogens is 238 g/mol. The zero-order valence-electron chi connectivity index (χ0n) is 12.0. The number of hydrogen-bond acceptors (Lipinski definition) is 2. The molecule has 0 saturated carbocycles. The van der Waals surface area contributed by atoms with Crippen molar-refractivity contribution in [1.82, 2.24) is 5.32 Å². The van der Waals surface area contributed by atoms with Crippen molar-refractivity contribution >= 4 is 5.91 Å². The average molecular weight is 263 g/mol. The lowest BCUT2D eigenvalue weighted by molar-refractivity contribution is 0.0952. The molecule has 0 unspecified atom stereocenters. The van der Waals surface area contributed by atoms with Gasteiger partial charge in [-0.2, -0.15) is 0 Å². The summed E-state index contributed by atoms with van der Waals surface area (Å²) in [7, 11) is 0. The molecule has 0 bridgehead atoms. The molecule has 0 heterocycles. The van der Waals surface area contributed by atoms with E-state index in [0.29, 0.717) is 17.7 Å². The van der Waals surface area contributed by atoms with Gasteiger partial charge in [-0.1, -0.05) is 45.1 Å². The summed E-state index contributed by atoms with van der Waals surface area (Å²) >= 11 is 0. The van der Waals surface area contributed by atoms with Crippen LogP contribution in [0.5, 0.6) is 5.75 Å². The maximum Gasteiger partial charge on any atom is 0.251 e. The molecule has 0 fully saturated rings. The molecule has 0 aliphatic heterocycles. The zero-order valence-corrected chi connectivity index (χ0v) is 12.0. The van der Waals surface area contributed by atoms with Gasteiger partial charge in [0.2, 0.25) is 0 Å². The minimum atomic E-state index is -0.0954. The van der Waals surface area contributed by atoms with Crippen molar-refractivity contribution in [1.29, 1.82) is 0 Å². The lowest BCUT2D eigenvalue weighted by Gasteiger charge is -2.08. The molecule has 2 N–H and O–H groups in total. The summed E-state index contributed by atoms with van der Waals surface area (Å²) in [6.45, 7) is 4.67. The predicted molar refractivity (Wildman–Crippen MR) is 78.6 cm³/mol. The lowest BCUT2D eigenvalue weighted by Crippen LogP contribution is -2.25. The van der Waals surface area contributed by atoms with E-state index in [4.69, 9.17) is 0 Å². The third kappa shape index (κ3) is 5.33. The first-order valence-electron chi connectivity index (χ1n) is 7.23. The molecule has 0 aliphatic carbocycles. The van der Waals surface area contributed by atoms with E-state index in [1.807, 2.05) is 0 Å². The molecule has 0 saturated heterocycles. The Morgan fingerprint density at radius 3 is 2.58 bits per heavy atom. The Hall–Kier alpha value is -1.51. The van der Waals surface area contributed by atoms with E-state index in [1.165, 1.54) is 32.1 Å². The van der Waals surface area contributed by atoms with Crippen LogP contribution in [0.15, 0.2) is 18.2 Å². The lowest BCUT2D eigenvalue weighted by atomic mass is 10.1. The van der Waals surface area contributed by atoms with Gasteiger partial charge in [-0.15, -0.1) is 0 Å².